The molecule has 3 atom stereocenters. The second-order valence-electron chi connectivity index (χ2n) is 6.41. The second kappa shape index (κ2) is 7.42. The quantitative estimate of drug-likeness (QED) is 0.926. The van der Waals surface area contributed by atoms with Crippen LogP contribution in [0.4, 0.5) is 4.39 Å². The third kappa shape index (κ3) is 3.79. The van der Waals surface area contributed by atoms with Crippen molar-refractivity contribution < 1.29 is 9.18 Å². The average molecular weight is 327 g/mol. The van der Waals surface area contributed by atoms with Crippen molar-refractivity contribution in [2.24, 2.45) is 5.92 Å². The lowest BCUT2D eigenvalue weighted by atomic mass is 9.98. The topological polar surface area (TPSA) is 32.3 Å². The Labute approximate surface area is 137 Å². The lowest BCUT2D eigenvalue weighted by Gasteiger charge is -2.27. The largest absolute Gasteiger partial charge is 0.341 e. The fraction of sp³-hybridized carbons (Fsp3) is 0.588. The number of nitrogens with zero attached hydrogens (tertiary/aromatic N) is 1. The highest BCUT2D eigenvalue weighted by molar-refractivity contribution is 5.85. The van der Waals surface area contributed by atoms with Crippen LogP contribution in [0.2, 0.25) is 0 Å². The second-order valence-corrected chi connectivity index (χ2v) is 6.41. The molecule has 1 N–H and O–H groups in total. The van der Waals surface area contributed by atoms with Crippen molar-refractivity contribution in [1.29, 1.82) is 0 Å². The molecular formula is C17H24ClFN2O. The molecule has 2 bridgehead atoms. The van der Waals surface area contributed by atoms with Crippen molar-refractivity contribution >= 4 is 18.3 Å². The van der Waals surface area contributed by atoms with Gasteiger partial charge in [-0.3, -0.25) is 4.79 Å². The Morgan fingerprint density at radius 1 is 1.32 bits per heavy atom. The molecule has 0 aliphatic carbocycles. The molecule has 5 heteroatoms. The van der Waals surface area contributed by atoms with Crippen molar-refractivity contribution in [3.05, 3.63) is 35.6 Å². The van der Waals surface area contributed by atoms with Crippen LogP contribution in [0.15, 0.2) is 24.3 Å². The van der Waals surface area contributed by atoms with E-state index in [1.165, 1.54) is 12.5 Å². The first-order chi connectivity index (χ1) is 10.1. The van der Waals surface area contributed by atoms with Gasteiger partial charge in [0.1, 0.15) is 5.82 Å². The predicted molar refractivity (Wildman–Crippen MR) is 87.7 cm³/mol. The Morgan fingerprint density at radius 3 is 2.82 bits per heavy atom. The summed E-state index contributed by atoms with van der Waals surface area (Å²) in [4.78, 5) is 14.6. The predicted octanol–water partition coefficient (Wildman–Crippen LogP) is 2.78. The molecule has 2 aliphatic heterocycles. The Kier molecular flexibility index (Phi) is 5.81. The Morgan fingerprint density at radius 2 is 2.05 bits per heavy atom. The van der Waals surface area contributed by atoms with Crippen molar-refractivity contribution in [2.75, 3.05) is 13.1 Å². The zero-order valence-corrected chi connectivity index (χ0v) is 13.7. The summed E-state index contributed by atoms with van der Waals surface area (Å²) in [6.45, 7) is 3.54. The number of rotatable bonds is 3. The molecule has 1 amide bonds. The van der Waals surface area contributed by atoms with Crippen LogP contribution in [0.3, 0.4) is 0 Å². The molecule has 22 heavy (non-hydrogen) atoms. The molecule has 0 saturated carbocycles. The maximum absolute atomic E-state index is 13.7. The molecule has 2 heterocycles. The number of carbonyl (C=O) groups excluding carboxylic acids is 1. The SMILES string of the molecule is CC(Cc1ccccc1F)C(=O)N1CCC2CCC(C1)N2.Cl. The minimum Gasteiger partial charge on any atom is -0.341 e. The third-order valence-corrected chi connectivity index (χ3v) is 4.74. The Balaban J connectivity index is 0.00000176. The van der Waals surface area contributed by atoms with Gasteiger partial charge in [0, 0.05) is 31.1 Å². The molecule has 2 aliphatic rings. The molecule has 3 nitrogen and oxygen atoms in total. The summed E-state index contributed by atoms with van der Waals surface area (Å²) in [5.74, 6) is -0.222. The van der Waals surface area contributed by atoms with Crippen LogP contribution in [-0.2, 0) is 11.2 Å². The van der Waals surface area contributed by atoms with Gasteiger partial charge in [0.2, 0.25) is 5.91 Å². The van der Waals surface area contributed by atoms with Gasteiger partial charge in [0.25, 0.3) is 0 Å². The zero-order valence-electron chi connectivity index (χ0n) is 12.9. The summed E-state index contributed by atoms with van der Waals surface area (Å²) in [5, 5.41) is 3.58. The van der Waals surface area contributed by atoms with Crippen LogP contribution in [-0.4, -0.2) is 36.0 Å². The van der Waals surface area contributed by atoms with Gasteiger partial charge in [0.05, 0.1) is 0 Å². The molecule has 2 saturated heterocycles. The normalized spacial score (nSPS) is 25.3. The summed E-state index contributed by atoms with van der Waals surface area (Å²) in [6.07, 6.45) is 3.91. The molecule has 3 rings (SSSR count). The van der Waals surface area contributed by atoms with E-state index >= 15 is 0 Å². The van der Waals surface area contributed by atoms with Crippen LogP contribution in [0.5, 0.6) is 0 Å². The number of amides is 1. The van der Waals surface area contributed by atoms with E-state index < -0.39 is 0 Å². The highest BCUT2D eigenvalue weighted by Crippen LogP contribution is 2.22. The molecule has 1 aromatic carbocycles. The smallest absolute Gasteiger partial charge is 0.225 e. The number of fused-ring (bicyclic) bond motifs is 2. The molecule has 3 unspecified atom stereocenters. The maximum atomic E-state index is 13.7. The fourth-order valence-corrected chi connectivity index (χ4v) is 3.54. The van der Waals surface area contributed by atoms with E-state index in [0.717, 1.165) is 25.9 Å². The molecule has 0 spiro atoms. The molecular weight excluding hydrogens is 303 g/mol. The molecule has 122 valence electrons. The summed E-state index contributed by atoms with van der Waals surface area (Å²) in [6, 6.07) is 7.76. The first-order valence-electron chi connectivity index (χ1n) is 7.91. The lowest BCUT2D eigenvalue weighted by molar-refractivity contribution is -0.135. The van der Waals surface area contributed by atoms with Gasteiger partial charge in [-0.25, -0.2) is 4.39 Å². The monoisotopic (exact) mass is 326 g/mol. The third-order valence-electron chi connectivity index (χ3n) is 4.74. The number of hydrogen-bond acceptors (Lipinski definition) is 2. The van der Waals surface area contributed by atoms with Crippen molar-refractivity contribution in [2.45, 2.75) is 44.7 Å². The van der Waals surface area contributed by atoms with Gasteiger partial charge in [-0.1, -0.05) is 25.1 Å². The number of hydrogen-bond donors (Lipinski definition) is 1. The fourth-order valence-electron chi connectivity index (χ4n) is 3.54. The van der Waals surface area contributed by atoms with Crippen molar-refractivity contribution in [3.8, 4) is 0 Å². The van der Waals surface area contributed by atoms with E-state index in [9.17, 15) is 9.18 Å². The van der Waals surface area contributed by atoms with Gasteiger partial charge in [-0.2, -0.15) is 0 Å². The standard InChI is InChI=1S/C17H23FN2O.ClH/c1-12(10-13-4-2-3-5-16(13)18)17(21)20-9-8-14-6-7-15(11-20)19-14;/h2-5,12,14-15,19H,6-11H2,1H3;1H. The van der Waals surface area contributed by atoms with E-state index in [1.807, 2.05) is 17.9 Å². The van der Waals surface area contributed by atoms with Crippen LogP contribution in [0, 0.1) is 11.7 Å². The number of carbonyl (C=O) groups is 1. The van der Waals surface area contributed by atoms with Gasteiger partial charge >= 0.3 is 0 Å². The van der Waals surface area contributed by atoms with Crippen LogP contribution >= 0.6 is 12.4 Å². The zero-order chi connectivity index (χ0) is 14.8. The van der Waals surface area contributed by atoms with E-state index in [0.29, 0.717) is 24.1 Å². The minimum absolute atomic E-state index is 0. The molecule has 0 radical (unpaired) electrons. The average Bonchev–Trinajstić information content (AvgIpc) is 2.80. The van der Waals surface area contributed by atoms with Gasteiger partial charge in [-0.05, 0) is 37.3 Å². The Hall–Kier alpha value is -1.13. The first-order valence-corrected chi connectivity index (χ1v) is 7.91. The molecule has 1 aromatic rings. The summed E-state index contributed by atoms with van der Waals surface area (Å²) in [7, 11) is 0. The van der Waals surface area contributed by atoms with Crippen LogP contribution in [0.25, 0.3) is 0 Å². The highest BCUT2D eigenvalue weighted by Gasteiger charge is 2.32. The van der Waals surface area contributed by atoms with Crippen molar-refractivity contribution in [3.63, 3.8) is 0 Å². The lowest BCUT2D eigenvalue weighted by Crippen LogP contribution is -2.41. The highest BCUT2D eigenvalue weighted by atomic mass is 35.5. The number of likely N-dealkylation sites (tertiary alicyclic amines) is 1. The van der Waals surface area contributed by atoms with Crippen LogP contribution < -0.4 is 5.32 Å². The summed E-state index contributed by atoms with van der Waals surface area (Å²) in [5.41, 5.74) is 0.632. The molecule has 0 aromatic heterocycles. The minimum atomic E-state index is -0.214. The van der Waals surface area contributed by atoms with E-state index in [1.54, 1.807) is 12.1 Å². The summed E-state index contributed by atoms with van der Waals surface area (Å²) < 4.78 is 13.7. The van der Waals surface area contributed by atoms with Crippen LogP contribution in [0.1, 0.15) is 31.7 Å². The van der Waals surface area contributed by atoms with E-state index in [-0.39, 0.29) is 30.0 Å². The Bertz CT molecular complexity index is 525. The van der Waals surface area contributed by atoms with E-state index in [2.05, 4.69) is 5.32 Å². The number of benzene rings is 1. The summed E-state index contributed by atoms with van der Waals surface area (Å²) >= 11 is 0. The van der Waals surface area contributed by atoms with Crippen molar-refractivity contribution in [1.82, 2.24) is 10.2 Å². The maximum Gasteiger partial charge on any atom is 0.225 e. The first kappa shape index (κ1) is 17.2. The van der Waals surface area contributed by atoms with Gasteiger partial charge < -0.3 is 10.2 Å². The van der Waals surface area contributed by atoms with Gasteiger partial charge in [0.15, 0.2) is 0 Å². The van der Waals surface area contributed by atoms with E-state index in [4.69, 9.17) is 0 Å². The molecule has 2 fully saturated rings. The number of halogens is 2. The van der Waals surface area contributed by atoms with Gasteiger partial charge in [-0.15, -0.1) is 12.4 Å². The number of nitrogens with one attached hydrogen (secondary N) is 1.